The van der Waals surface area contributed by atoms with E-state index in [0.717, 1.165) is 22.7 Å². The van der Waals surface area contributed by atoms with E-state index in [-0.39, 0.29) is 5.75 Å². The lowest BCUT2D eigenvalue weighted by Gasteiger charge is -2.17. The van der Waals surface area contributed by atoms with Crippen LogP contribution >= 0.6 is 0 Å². The van der Waals surface area contributed by atoms with Gasteiger partial charge in [-0.05, 0) is 48.5 Å². The van der Waals surface area contributed by atoms with Crippen molar-refractivity contribution in [3.63, 3.8) is 0 Å². The zero-order chi connectivity index (χ0) is 16.2. The molecular weight excluding hydrogens is 292 g/mol. The average Bonchev–Trinajstić information content (AvgIpc) is 3.04. The average molecular weight is 310 g/mol. The second-order valence-corrected chi connectivity index (χ2v) is 5.24. The van der Waals surface area contributed by atoms with Crippen molar-refractivity contribution in [3.05, 3.63) is 60.5 Å². The molecule has 1 heterocycles. The number of oxazole rings is 1. The molecular formula is C18H18N2O3. The summed E-state index contributed by atoms with van der Waals surface area (Å²) in [5, 5.41) is 9.32. The van der Waals surface area contributed by atoms with Crippen LogP contribution in [-0.4, -0.2) is 24.2 Å². The second kappa shape index (κ2) is 6.44. The molecule has 0 aliphatic rings. The highest BCUT2D eigenvalue weighted by molar-refractivity contribution is 5.55. The molecule has 0 unspecified atom stereocenters. The van der Waals surface area contributed by atoms with Gasteiger partial charge in [-0.3, -0.25) is 0 Å². The molecule has 0 radical (unpaired) electrons. The summed E-state index contributed by atoms with van der Waals surface area (Å²) in [6.45, 7) is 0.633. The third-order valence-corrected chi connectivity index (χ3v) is 3.58. The van der Waals surface area contributed by atoms with E-state index in [9.17, 15) is 5.11 Å². The molecule has 0 aliphatic carbocycles. The third-order valence-electron chi connectivity index (χ3n) is 3.58. The summed E-state index contributed by atoms with van der Waals surface area (Å²) >= 11 is 0. The molecule has 0 saturated heterocycles. The Hall–Kier alpha value is -2.95. The zero-order valence-corrected chi connectivity index (χ0v) is 13.1. The fourth-order valence-electron chi connectivity index (χ4n) is 2.29. The molecule has 5 nitrogen and oxygen atoms in total. The summed E-state index contributed by atoms with van der Waals surface area (Å²) in [5.41, 5.74) is 2.74. The van der Waals surface area contributed by atoms with Crippen molar-refractivity contribution < 1.29 is 14.3 Å². The monoisotopic (exact) mass is 310 g/mol. The highest BCUT2D eigenvalue weighted by atomic mass is 16.5. The normalized spacial score (nSPS) is 10.5. The molecule has 0 atom stereocenters. The van der Waals surface area contributed by atoms with Crippen LogP contribution in [0.3, 0.4) is 0 Å². The first-order valence-electron chi connectivity index (χ1n) is 7.25. The van der Waals surface area contributed by atoms with E-state index in [1.807, 2.05) is 31.3 Å². The minimum atomic E-state index is 0.222. The Kier molecular flexibility index (Phi) is 4.19. The standard InChI is InChI=1S/C18H18N2O3/c1-20(15-5-9-17(22-2)10-6-15)11-14-12-23-18(19-14)13-3-7-16(21)8-4-13/h3-10,12,21H,11H2,1-2H3. The molecule has 2 aromatic carbocycles. The van der Waals surface area contributed by atoms with Crippen LogP contribution in [0.5, 0.6) is 11.5 Å². The summed E-state index contributed by atoms with van der Waals surface area (Å²) in [6.07, 6.45) is 1.65. The quantitative estimate of drug-likeness (QED) is 0.779. The van der Waals surface area contributed by atoms with Crippen molar-refractivity contribution in [2.24, 2.45) is 0 Å². The number of aromatic nitrogens is 1. The number of aromatic hydroxyl groups is 1. The van der Waals surface area contributed by atoms with E-state index in [2.05, 4.69) is 9.88 Å². The van der Waals surface area contributed by atoms with Crippen LogP contribution < -0.4 is 9.64 Å². The van der Waals surface area contributed by atoms with Crippen molar-refractivity contribution in [2.75, 3.05) is 19.1 Å². The minimum absolute atomic E-state index is 0.222. The van der Waals surface area contributed by atoms with Gasteiger partial charge in [-0.15, -0.1) is 0 Å². The Morgan fingerprint density at radius 2 is 1.78 bits per heavy atom. The predicted molar refractivity (Wildman–Crippen MR) is 88.7 cm³/mol. The molecule has 1 N–H and O–H groups in total. The maximum absolute atomic E-state index is 9.32. The zero-order valence-electron chi connectivity index (χ0n) is 13.1. The summed E-state index contributed by atoms with van der Waals surface area (Å²) < 4.78 is 10.7. The number of hydrogen-bond acceptors (Lipinski definition) is 5. The molecule has 0 amide bonds. The Balaban J connectivity index is 1.71. The molecule has 3 rings (SSSR count). The lowest BCUT2D eigenvalue weighted by molar-refractivity contribution is 0.415. The van der Waals surface area contributed by atoms with Crippen molar-refractivity contribution in [2.45, 2.75) is 6.54 Å². The number of phenolic OH excluding ortho intramolecular Hbond substituents is 1. The van der Waals surface area contributed by atoms with Gasteiger partial charge < -0.3 is 19.2 Å². The Labute approximate surface area is 134 Å². The first kappa shape index (κ1) is 15.0. The van der Waals surface area contributed by atoms with Crippen molar-refractivity contribution in [3.8, 4) is 23.0 Å². The molecule has 0 saturated carbocycles. The van der Waals surface area contributed by atoms with Gasteiger partial charge in [0, 0.05) is 18.3 Å². The van der Waals surface area contributed by atoms with Gasteiger partial charge in [0.15, 0.2) is 0 Å². The molecule has 0 spiro atoms. The summed E-state index contributed by atoms with van der Waals surface area (Å²) in [5.74, 6) is 1.60. The Morgan fingerprint density at radius 3 is 2.43 bits per heavy atom. The fourth-order valence-corrected chi connectivity index (χ4v) is 2.29. The summed E-state index contributed by atoms with van der Waals surface area (Å²) in [6, 6.07) is 14.6. The fraction of sp³-hybridized carbons (Fsp3) is 0.167. The van der Waals surface area contributed by atoms with Crippen LogP contribution in [0.4, 0.5) is 5.69 Å². The van der Waals surface area contributed by atoms with Crippen LogP contribution in [0.15, 0.2) is 59.2 Å². The Morgan fingerprint density at radius 1 is 1.09 bits per heavy atom. The number of benzene rings is 2. The molecule has 1 aromatic heterocycles. The first-order chi connectivity index (χ1) is 11.2. The lowest BCUT2D eigenvalue weighted by Crippen LogP contribution is -2.16. The largest absolute Gasteiger partial charge is 0.508 e. The van der Waals surface area contributed by atoms with Gasteiger partial charge in [0.05, 0.1) is 19.3 Å². The summed E-state index contributed by atoms with van der Waals surface area (Å²) in [7, 11) is 3.65. The highest BCUT2D eigenvalue weighted by Gasteiger charge is 2.09. The SMILES string of the molecule is COc1ccc(N(C)Cc2coc(-c3ccc(O)cc3)n2)cc1. The molecule has 0 bridgehead atoms. The van der Waals surface area contributed by atoms with Gasteiger partial charge in [-0.2, -0.15) is 0 Å². The number of methoxy groups -OCH3 is 1. The number of nitrogens with zero attached hydrogens (tertiary/aromatic N) is 2. The van der Waals surface area contributed by atoms with E-state index in [4.69, 9.17) is 9.15 Å². The number of hydrogen-bond donors (Lipinski definition) is 1. The lowest BCUT2D eigenvalue weighted by atomic mass is 10.2. The molecule has 23 heavy (non-hydrogen) atoms. The van der Waals surface area contributed by atoms with Gasteiger partial charge >= 0.3 is 0 Å². The maximum Gasteiger partial charge on any atom is 0.226 e. The Bertz CT molecular complexity index is 764. The van der Waals surface area contributed by atoms with Crippen molar-refractivity contribution in [1.82, 2.24) is 4.98 Å². The molecule has 3 aromatic rings. The number of phenols is 1. The number of rotatable bonds is 5. The van der Waals surface area contributed by atoms with Gasteiger partial charge in [0.1, 0.15) is 17.8 Å². The van der Waals surface area contributed by atoms with E-state index < -0.39 is 0 Å². The van der Waals surface area contributed by atoms with Crippen LogP contribution in [0.1, 0.15) is 5.69 Å². The van der Waals surface area contributed by atoms with Crippen LogP contribution in [0, 0.1) is 0 Å². The smallest absolute Gasteiger partial charge is 0.226 e. The maximum atomic E-state index is 9.32. The van der Waals surface area contributed by atoms with E-state index in [0.29, 0.717) is 12.4 Å². The minimum Gasteiger partial charge on any atom is -0.508 e. The third kappa shape index (κ3) is 3.45. The van der Waals surface area contributed by atoms with Crippen LogP contribution in [-0.2, 0) is 6.54 Å². The number of anilines is 1. The molecule has 0 aliphatic heterocycles. The second-order valence-electron chi connectivity index (χ2n) is 5.24. The van der Waals surface area contributed by atoms with Gasteiger partial charge in [-0.25, -0.2) is 4.98 Å². The van der Waals surface area contributed by atoms with Crippen LogP contribution in [0.25, 0.3) is 11.5 Å². The highest BCUT2D eigenvalue weighted by Crippen LogP contribution is 2.23. The van der Waals surface area contributed by atoms with Gasteiger partial charge in [0.25, 0.3) is 0 Å². The molecule has 0 fully saturated rings. The van der Waals surface area contributed by atoms with Crippen molar-refractivity contribution in [1.29, 1.82) is 0 Å². The summed E-state index contributed by atoms with van der Waals surface area (Å²) in [4.78, 5) is 6.58. The number of ether oxygens (including phenoxy) is 1. The van der Waals surface area contributed by atoms with Crippen LogP contribution in [0.2, 0.25) is 0 Å². The molecule has 118 valence electrons. The van der Waals surface area contributed by atoms with Gasteiger partial charge in [-0.1, -0.05) is 0 Å². The van der Waals surface area contributed by atoms with Gasteiger partial charge in [0.2, 0.25) is 5.89 Å². The topological polar surface area (TPSA) is 58.7 Å². The molecule has 5 heteroatoms. The van der Waals surface area contributed by atoms with E-state index in [1.54, 1.807) is 37.6 Å². The predicted octanol–water partition coefficient (Wildman–Crippen LogP) is 3.69. The van der Waals surface area contributed by atoms with E-state index in [1.165, 1.54) is 0 Å². The van der Waals surface area contributed by atoms with Crippen molar-refractivity contribution >= 4 is 5.69 Å². The van der Waals surface area contributed by atoms with E-state index >= 15 is 0 Å². The first-order valence-corrected chi connectivity index (χ1v) is 7.25.